The van der Waals surface area contributed by atoms with Gasteiger partial charge < -0.3 is 15.7 Å². The molecule has 0 aliphatic heterocycles. The van der Waals surface area contributed by atoms with Crippen LogP contribution in [0.3, 0.4) is 0 Å². The molecule has 0 spiro atoms. The van der Waals surface area contributed by atoms with E-state index in [0.717, 1.165) is 0 Å². The van der Waals surface area contributed by atoms with Crippen molar-refractivity contribution < 1.29 is 18.4 Å². The van der Waals surface area contributed by atoms with E-state index in [2.05, 4.69) is 9.88 Å². The van der Waals surface area contributed by atoms with Gasteiger partial charge in [0.15, 0.2) is 5.84 Å². The van der Waals surface area contributed by atoms with Crippen LogP contribution in [-0.4, -0.2) is 32.1 Å². The van der Waals surface area contributed by atoms with Gasteiger partial charge in [-0.1, -0.05) is 12.1 Å². The molecule has 20 heavy (non-hydrogen) atoms. The van der Waals surface area contributed by atoms with Crippen LogP contribution in [0.15, 0.2) is 34.3 Å². The van der Waals surface area contributed by atoms with Gasteiger partial charge in [-0.05, 0) is 37.6 Å². The van der Waals surface area contributed by atoms with Gasteiger partial charge in [0, 0.05) is 0 Å². The molecule has 1 atom stereocenters. The van der Waals surface area contributed by atoms with Crippen molar-refractivity contribution in [2.24, 2.45) is 10.9 Å². The minimum absolute atomic E-state index is 0.0729. The molecule has 0 aliphatic carbocycles. The van der Waals surface area contributed by atoms with E-state index in [1.54, 1.807) is 26.0 Å². The lowest BCUT2D eigenvalue weighted by Gasteiger charge is -2.27. The normalized spacial score (nSPS) is 15.7. The van der Waals surface area contributed by atoms with Crippen molar-refractivity contribution in [2.75, 3.05) is 7.11 Å². The molecule has 1 rings (SSSR count). The topological polar surface area (TPSA) is 114 Å². The molecule has 1 unspecified atom stereocenters. The Hall–Kier alpha value is -1.80. The van der Waals surface area contributed by atoms with E-state index in [-0.39, 0.29) is 10.7 Å². The molecular formula is C12H19N3O4S. The molecule has 8 heteroatoms. The van der Waals surface area contributed by atoms with E-state index in [9.17, 15) is 8.42 Å². The van der Waals surface area contributed by atoms with Crippen LogP contribution in [0.1, 0.15) is 20.3 Å². The second kappa shape index (κ2) is 6.10. The largest absolute Gasteiger partial charge is 0.497 e. The van der Waals surface area contributed by atoms with Crippen molar-refractivity contribution in [3.8, 4) is 5.75 Å². The Morgan fingerprint density at radius 3 is 2.40 bits per heavy atom. The summed E-state index contributed by atoms with van der Waals surface area (Å²) in [6, 6.07) is 5.93. The van der Waals surface area contributed by atoms with Crippen molar-refractivity contribution in [3.63, 3.8) is 0 Å². The molecule has 0 aliphatic rings. The van der Waals surface area contributed by atoms with E-state index in [0.29, 0.717) is 12.2 Å². The zero-order chi connectivity index (χ0) is 15.4. The van der Waals surface area contributed by atoms with Crippen molar-refractivity contribution in [3.05, 3.63) is 24.3 Å². The third-order valence-electron chi connectivity index (χ3n) is 3.11. The van der Waals surface area contributed by atoms with E-state index in [1.165, 1.54) is 19.2 Å². The third kappa shape index (κ3) is 3.40. The number of sulfonamides is 1. The lowest BCUT2D eigenvalue weighted by molar-refractivity contribution is 0.310. The summed E-state index contributed by atoms with van der Waals surface area (Å²) in [4.78, 5) is 0.0729. The number of benzene rings is 1. The summed E-state index contributed by atoms with van der Waals surface area (Å²) >= 11 is 0. The average molecular weight is 301 g/mol. The Morgan fingerprint density at radius 1 is 1.45 bits per heavy atom. The average Bonchev–Trinajstić information content (AvgIpc) is 2.45. The van der Waals surface area contributed by atoms with Crippen LogP contribution in [0.5, 0.6) is 5.75 Å². The molecule has 0 bridgehead atoms. The number of oxime groups is 1. The number of ether oxygens (including phenoxy) is 1. The fourth-order valence-corrected chi connectivity index (χ4v) is 2.98. The molecule has 7 nitrogen and oxygen atoms in total. The van der Waals surface area contributed by atoms with Crippen LogP contribution >= 0.6 is 0 Å². The zero-order valence-corrected chi connectivity index (χ0v) is 12.4. The number of nitrogens with zero attached hydrogens (tertiary/aromatic N) is 1. The first kappa shape index (κ1) is 16.3. The zero-order valence-electron chi connectivity index (χ0n) is 11.6. The van der Waals surface area contributed by atoms with Gasteiger partial charge in [-0.2, -0.15) is 4.72 Å². The highest BCUT2D eigenvalue weighted by molar-refractivity contribution is 7.89. The van der Waals surface area contributed by atoms with Crippen LogP contribution in [0.2, 0.25) is 0 Å². The molecule has 1 aromatic rings. The van der Waals surface area contributed by atoms with E-state index in [1.807, 2.05) is 0 Å². The fraction of sp³-hybridized carbons (Fsp3) is 0.417. The summed E-state index contributed by atoms with van der Waals surface area (Å²) < 4.78 is 32.0. The van der Waals surface area contributed by atoms with Gasteiger partial charge in [0.05, 0.1) is 17.5 Å². The fourth-order valence-electron chi connectivity index (χ4n) is 1.53. The predicted octanol–water partition coefficient (Wildman–Crippen LogP) is 0.889. The predicted molar refractivity (Wildman–Crippen MR) is 75.4 cm³/mol. The Morgan fingerprint density at radius 2 is 2.00 bits per heavy atom. The summed E-state index contributed by atoms with van der Waals surface area (Å²) in [5.41, 5.74) is 4.39. The number of nitrogens with one attached hydrogen (secondary N) is 1. The summed E-state index contributed by atoms with van der Waals surface area (Å²) in [6.07, 6.45) is 0.332. The maximum absolute atomic E-state index is 12.3. The third-order valence-corrected chi connectivity index (χ3v) is 4.72. The van der Waals surface area contributed by atoms with Crippen molar-refractivity contribution in [1.82, 2.24) is 4.72 Å². The molecule has 0 heterocycles. The Bertz CT molecular complexity index is 583. The van der Waals surface area contributed by atoms with Crippen molar-refractivity contribution >= 4 is 15.9 Å². The van der Waals surface area contributed by atoms with Crippen molar-refractivity contribution in [2.45, 2.75) is 30.7 Å². The first-order chi connectivity index (χ1) is 9.29. The van der Waals surface area contributed by atoms with Crippen LogP contribution in [0.25, 0.3) is 0 Å². The Labute approximate surface area is 118 Å². The molecule has 0 fully saturated rings. The Balaban J connectivity index is 3.10. The number of hydrogen-bond donors (Lipinski definition) is 3. The van der Waals surface area contributed by atoms with Gasteiger partial charge in [-0.15, -0.1) is 0 Å². The first-order valence-electron chi connectivity index (χ1n) is 5.95. The number of hydrogen-bond acceptors (Lipinski definition) is 5. The lowest BCUT2D eigenvalue weighted by atomic mass is 10.00. The monoisotopic (exact) mass is 301 g/mol. The van der Waals surface area contributed by atoms with E-state index in [4.69, 9.17) is 15.7 Å². The molecule has 0 saturated heterocycles. The van der Waals surface area contributed by atoms with Crippen LogP contribution in [-0.2, 0) is 10.0 Å². The van der Waals surface area contributed by atoms with Gasteiger partial charge in [-0.3, -0.25) is 0 Å². The van der Waals surface area contributed by atoms with E-state index >= 15 is 0 Å². The highest BCUT2D eigenvalue weighted by Crippen LogP contribution is 2.19. The highest BCUT2D eigenvalue weighted by Gasteiger charge is 2.33. The SMILES string of the molecule is CCC(C)(NS(=O)(=O)c1ccc(OC)cc1)/C(N)=N/O. The number of amidine groups is 1. The van der Waals surface area contributed by atoms with Crippen molar-refractivity contribution in [1.29, 1.82) is 0 Å². The van der Waals surface area contributed by atoms with E-state index < -0.39 is 15.6 Å². The van der Waals surface area contributed by atoms with Gasteiger partial charge in [-0.25, -0.2) is 8.42 Å². The minimum atomic E-state index is -3.79. The minimum Gasteiger partial charge on any atom is -0.497 e. The summed E-state index contributed by atoms with van der Waals surface area (Å²) in [5.74, 6) is 0.357. The molecular weight excluding hydrogens is 282 g/mol. The maximum atomic E-state index is 12.3. The molecule has 0 radical (unpaired) electrons. The quantitative estimate of drug-likeness (QED) is 0.312. The second-order valence-corrected chi connectivity index (χ2v) is 6.13. The van der Waals surface area contributed by atoms with Gasteiger partial charge >= 0.3 is 0 Å². The second-order valence-electron chi connectivity index (χ2n) is 4.45. The van der Waals surface area contributed by atoms with Gasteiger partial charge in [0.25, 0.3) is 0 Å². The molecule has 1 aromatic carbocycles. The summed E-state index contributed by atoms with van der Waals surface area (Å²) in [6.45, 7) is 3.28. The standard InChI is InChI=1S/C12H19N3O4S/c1-4-12(2,11(13)14-16)15-20(17,18)10-7-5-9(19-3)6-8-10/h5-8,15-16H,4H2,1-3H3,(H2,13,14). The van der Waals surface area contributed by atoms with Gasteiger partial charge in [0.1, 0.15) is 5.75 Å². The lowest BCUT2D eigenvalue weighted by Crippen LogP contribution is -2.54. The number of methoxy groups -OCH3 is 1. The molecule has 0 amide bonds. The maximum Gasteiger partial charge on any atom is 0.241 e. The summed E-state index contributed by atoms with van der Waals surface area (Å²) in [5, 5.41) is 11.6. The first-order valence-corrected chi connectivity index (χ1v) is 7.43. The van der Waals surface area contributed by atoms with Crippen LogP contribution < -0.4 is 15.2 Å². The van der Waals surface area contributed by atoms with Crippen LogP contribution in [0.4, 0.5) is 0 Å². The molecule has 4 N–H and O–H groups in total. The van der Waals surface area contributed by atoms with Crippen LogP contribution in [0, 0.1) is 0 Å². The smallest absolute Gasteiger partial charge is 0.241 e. The molecule has 112 valence electrons. The summed E-state index contributed by atoms with van der Waals surface area (Å²) in [7, 11) is -2.29. The molecule has 0 aromatic heterocycles. The molecule has 0 saturated carbocycles. The highest BCUT2D eigenvalue weighted by atomic mass is 32.2. The number of nitrogens with two attached hydrogens (primary N) is 1. The Kier molecular flexibility index (Phi) is 4.96. The number of rotatable bonds is 6. The van der Waals surface area contributed by atoms with Gasteiger partial charge in [0.2, 0.25) is 10.0 Å².